The number of nitrogens with zero attached hydrogens (tertiary/aromatic N) is 2. The number of carbonyl (C=O) groups excluding carboxylic acids is 2. The molecule has 0 radical (unpaired) electrons. The second-order valence-electron chi connectivity index (χ2n) is 6.41. The van der Waals surface area contributed by atoms with Crippen LogP contribution in [0.25, 0.3) is 0 Å². The van der Waals surface area contributed by atoms with E-state index in [1.807, 2.05) is 42.5 Å². The van der Waals surface area contributed by atoms with Crippen molar-refractivity contribution in [2.75, 3.05) is 14.2 Å². The molecule has 0 aliphatic carbocycles. The van der Waals surface area contributed by atoms with Crippen LogP contribution in [0.3, 0.4) is 0 Å². The number of piperidine rings is 1. The maximum Gasteiger partial charge on any atom is 0.225 e. The van der Waals surface area contributed by atoms with E-state index < -0.39 is 0 Å². The molecular formula is C20H23N3O3. The Morgan fingerprint density at radius 3 is 2.69 bits per heavy atom. The molecule has 6 nitrogen and oxygen atoms in total. The van der Waals surface area contributed by atoms with Gasteiger partial charge in [0.05, 0.1) is 31.3 Å². The molecule has 0 saturated carbocycles. The predicted octanol–water partition coefficient (Wildman–Crippen LogP) is 2.32. The number of methoxy groups -OCH3 is 1. The summed E-state index contributed by atoms with van der Waals surface area (Å²) in [5.41, 5.74) is 1.74. The van der Waals surface area contributed by atoms with Crippen LogP contribution in [0.15, 0.2) is 48.7 Å². The Hall–Kier alpha value is -2.89. The molecule has 0 bridgehead atoms. The monoisotopic (exact) mass is 353 g/mol. The Balaban J connectivity index is 1.78. The number of likely N-dealkylation sites (tertiary alicyclic amines) is 1. The van der Waals surface area contributed by atoms with Gasteiger partial charge in [-0.2, -0.15) is 0 Å². The molecule has 2 heterocycles. The highest BCUT2D eigenvalue weighted by molar-refractivity contribution is 5.84. The number of carbonyl (C=O) groups is 2. The first-order valence-corrected chi connectivity index (χ1v) is 8.67. The van der Waals surface area contributed by atoms with Crippen LogP contribution in [-0.4, -0.2) is 35.9 Å². The number of hydrogen-bond acceptors (Lipinski definition) is 4. The minimum atomic E-state index is -0.296. The molecule has 2 atom stereocenters. The fourth-order valence-corrected chi connectivity index (χ4v) is 3.38. The summed E-state index contributed by atoms with van der Waals surface area (Å²) >= 11 is 0. The topological polar surface area (TPSA) is 71.5 Å². The zero-order valence-electron chi connectivity index (χ0n) is 15.0. The lowest BCUT2D eigenvalue weighted by molar-refractivity contribution is -0.141. The number of ether oxygens (including phenoxy) is 1. The third-order valence-corrected chi connectivity index (χ3v) is 4.82. The van der Waals surface area contributed by atoms with Crippen LogP contribution >= 0.6 is 0 Å². The first kappa shape index (κ1) is 17.9. The zero-order chi connectivity index (χ0) is 18.5. The average molecular weight is 353 g/mol. The normalized spacial score (nSPS) is 19.9. The van der Waals surface area contributed by atoms with Crippen LogP contribution in [0.4, 0.5) is 0 Å². The van der Waals surface area contributed by atoms with E-state index in [1.54, 1.807) is 25.3 Å². The summed E-state index contributed by atoms with van der Waals surface area (Å²) in [5, 5.41) is 2.96. The van der Waals surface area contributed by atoms with Gasteiger partial charge >= 0.3 is 0 Å². The molecule has 6 heteroatoms. The van der Waals surface area contributed by atoms with Gasteiger partial charge in [0, 0.05) is 19.7 Å². The van der Waals surface area contributed by atoms with Crippen molar-refractivity contribution in [3.63, 3.8) is 0 Å². The molecule has 26 heavy (non-hydrogen) atoms. The fraction of sp³-hybridized carbons (Fsp3) is 0.350. The van der Waals surface area contributed by atoms with Gasteiger partial charge in [0.15, 0.2) is 0 Å². The third-order valence-electron chi connectivity index (χ3n) is 4.82. The number of aromatic nitrogens is 1. The highest BCUT2D eigenvalue weighted by Gasteiger charge is 2.38. The smallest absolute Gasteiger partial charge is 0.225 e. The van der Waals surface area contributed by atoms with Crippen LogP contribution in [0.1, 0.15) is 30.1 Å². The van der Waals surface area contributed by atoms with Crippen molar-refractivity contribution < 1.29 is 14.3 Å². The summed E-state index contributed by atoms with van der Waals surface area (Å²) in [6, 6.07) is 12.9. The van der Waals surface area contributed by atoms with Crippen LogP contribution in [0.2, 0.25) is 0 Å². The minimum absolute atomic E-state index is 0.0552. The first-order chi connectivity index (χ1) is 12.6. The Labute approximate surface area is 153 Å². The van der Waals surface area contributed by atoms with E-state index in [0.717, 1.165) is 17.0 Å². The summed E-state index contributed by atoms with van der Waals surface area (Å²) in [7, 11) is 3.37. The minimum Gasteiger partial charge on any atom is -0.497 e. The fourth-order valence-electron chi connectivity index (χ4n) is 3.38. The van der Waals surface area contributed by atoms with E-state index in [9.17, 15) is 9.59 Å². The SMILES string of the molecule is COc1ccc([C@H]2[C@H](C(=O)NCc3ccccn3)CCC(=O)N2C)cc1. The number of amides is 2. The molecule has 0 spiro atoms. The van der Waals surface area contributed by atoms with Gasteiger partial charge in [-0.25, -0.2) is 0 Å². The second kappa shape index (κ2) is 7.99. The van der Waals surface area contributed by atoms with Crippen molar-refractivity contribution >= 4 is 11.8 Å². The number of benzene rings is 1. The highest BCUT2D eigenvalue weighted by atomic mass is 16.5. The van der Waals surface area contributed by atoms with Crippen molar-refractivity contribution in [1.82, 2.24) is 15.2 Å². The molecule has 2 amide bonds. The van der Waals surface area contributed by atoms with Gasteiger partial charge < -0.3 is 15.0 Å². The first-order valence-electron chi connectivity index (χ1n) is 8.67. The molecule has 1 fully saturated rings. The van der Waals surface area contributed by atoms with Gasteiger partial charge in [0.1, 0.15) is 5.75 Å². The lowest BCUT2D eigenvalue weighted by Gasteiger charge is -2.38. The molecule has 1 aromatic carbocycles. The number of pyridine rings is 1. The van der Waals surface area contributed by atoms with Crippen molar-refractivity contribution in [2.45, 2.75) is 25.4 Å². The van der Waals surface area contributed by atoms with E-state index in [4.69, 9.17) is 4.74 Å². The van der Waals surface area contributed by atoms with Gasteiger partial charge in [0.25, 0.3) is 0 Å². The molecule has 1 saturated heterocycles. The lowest BCUT2D eigenvalue weighted by atomic mass is 9.84. The lowest BCUT2D eigenvalue weighted by Crippen LogP contribution is -2.46. The Kier molecular flexibility index (Phi) is 5.51. The Bertz CT molecular complexity index is 762. The Morgan fingerprint density at radius 2 is 2.04 bits per heavy atom. The molecule has 0 unspecified atom stereocenters. The largest absolute Gasteiger partial charge is 0.497 e. The van der Waals surface area contributed by atoms with Crippen molar-refractivity contribution in [3.05, 3.63) is 59.9 Å². The van der Waals surface area contributed by atoms with Gasteiger partial charge in [-0.1, -0.05) is 18.2 Å². The van der Waals surface area contributed by atoms with Gasteiger partial charge in [0.2, 0.25) is 11.8 Å². The van der Waals surface area contributed by atoms with E-state index in [2.05, 4.69) is 10.3 Å². The molecular weight excluding hydrogens is 330 g/mol. The maximum atomic E-state index is 12.8. The zero-order valence-corrected chi connectivity index (χ0v) is 15.0. The van der Waals surface area contributed by atoms with E-state index in [-0.39, 0.29) is 23.8 Å². The molecule has 1 N–H and O–H groups in total. The van der Waals surface area contributed by atoms with Crippen molar-refractivity contribution in [2.24, 2.45) is 5.92 Å². The van der Waals surface area contributed by atoms with Crippen molar-refractivity contribution in [3.8, 4) is 5.75 Å². The number of hydrogen-bond donors (Lipinski definition) is 1. The number of rotatable bonds is 5. The van der Waals surface area contributed by atoms with Crippen molar-refractivity contribution in [1.29, 1.82) is 0 Å². The summed E-state index contributed by atoms with van der Waals surface area (Å²) in [6.07, 6.45) is 2.62. The Morgan fingerprint density at radius 1 is 1.27 bits per heavy atom. The van der Waals surface area contributed by atoms with Crippen LogP contribution in [0.5, 0.6) is 5.75 Å². The molecule has 1 aromatic heterocycles. The molecule has 2 aromatic rings. The summed E-state index contributed by atoms with van der Waals surface area (Å²) in [5.74, 6) is 0.444. The van der Waals surface area contributed by atoms with Crippen LogP contribution in [0, 0.1) is 5.92 Å². The maximum absolute atomic E-state index is 12.8. The van der Waals surface area contributed by atoms with E-state index in [0.29, 0.717) is 19.4 Å². The van der Waals surface area contributed by atoms with Gasteiger partial charge in [-0.05, 0) is 36.2 Å². The molecule has 136 valence electrons. The highest BCUT2D eigenvalue weighted by Crippen LogP contribution is 2.36. The van der Waals surface area contributed by atoms with E-state index in [1.165, 1.54) is 0 Å². The molecule has 3 rings (SSSR count). The third kappa shape index (κ3) is 3.85. The quantitative estimate of drug-likeness (QED) is 0.895. The predicted molar refractivity (Wildman–Crippen MR) is 97.3 cm³/mol. The molecule has 1 aliphatic heterocycles. The average Bonchev–Trinajstić information content (AvgIpc) is 2.69. The number of nitrogens with one attached hydrogen (secondary N) is 1. The van der Waals surface area contributed by atoms with Gasteiger partial charge in [-0.15, -0.1) is 0 Å². The summed E-state index contributed by atoms with van der Waals surface area (Å²) in [6.45, 7) is 0.378. The van der Waals surface area contributed by atoms with Gasteiger partial charge in [-0.3, -0.25) is 14.6 Å². The van der Waals surface area contributed by atoms with E-state index >= 15 is 0 Å². The second-order valence-corrected chi connectivity index (χ2v) is 6.41. The summed E-state index contributed by atoms with van der Waals surface area (Å²) in [4.78, 5) is 30.9. The standard InChI is InChI=1S/C20H23N3O3/c1-23-18(24)11-10-17(19(23)14-6-8-16(26-2)9-7-14)20(25)22-13-15-5-3-4-12-21-15/h3-9,12,17,19H,10-11,13H2,1-2H3,(H,22,25)/t17-,19+/m1/s1. The molecule has 1 aliphatic rings. The van der Waals surface area contributed by atoms with Crippen LogP contribution < -0.4 is 10.1 Å². The van der Waals surface area contributed by atoms with Crippen LogP contribution in [-0.2, 0) is 16.1 Å². The summed E-state index contributed by atoms with van der Waals surface area (Å²) < 4.78 is 5.20.